The van der Waals surface area contributed by atoms with Gasteiger partial charge in [0.05, 0.1) is 35.1 Å². The average Bonchev–Trinajstić information content (AvgIpc) is 3.03. The lowest BCUT2D eigenvalue weighted by Crippen LogP contribution is -2.66. The van der Waals surface area contributed by atoms with E-state index in [0.29, 0.717) is 11.8 Å². The second-order valence-corrected chi connectivity index (χ2v) is 11.4. The number of aliphatic hydroxyl groups is 6. The van der Waals surface area contributed by atoms with Crippen LogP contribution in [0.1, 0.15) is 20.7 Å². The maximum Gasteiger partial charge on any atom is 0.269 e. The molecule has 2 aromatic rings. The molecular formula is C26H30N4O14S. The highest BCUT2D eigenvalue weighted by atomic mass is 32.2. The summed E-state index contributed by atoms with van der Waals surface area (Å²) in [5, 5.41) is 89.9. The summed E-state index contributed by atoms with van der Waals surface area (Å²) in [6, 6.07) is 6.12. The third kappa shape index (κ3) is 7.54. The Morgan fingerprint density at radius 3 is 1.29 bits per heavy atom. The summed E-state index contributed by atoms with van der Waals surface area (Å²) in [6.07, 6.45) is -9.32. The predicted molar refractivity (Wildman–Crippen MR) is 152 cm³/mol. The molecule has 19 heteroatoms. The molecule has 18 nitrogen and oxygen atoms in total. The van der Waals surface area contributed by atoms with Crippen molar-refractivity contribution in [1.29, 1.82) is 0 Å². The summed E-state index contributed by atoms with van der Waals surface area (Å²) in [5.41, 5.74) is -3.40. The van der Waals surface area contributed by atoms with Crippen LogP contribution in [0, 0.1) is 20.2 Å². The van der Waals surface area contributed by atoms with Gasteiger partial charge in [0.1, 0.15) is 47.5 Å². The van der Waals surface area contributed by atoms with E-state index < -0.39 is 94.5 Å². The Labute approximate surface area is 257 Å². The first kappa shape index (κ1) is 34.1. The Balaban J connectivity index is 1.50. The first-order chi connectivity index (χ1) is 21.4. The van der Waals surface area contributed by atoms with Gasteiger partial charge in [-0.1, -0.05) is 11.8 Å². The maximum atomic E-state index is 12.9. The Morgan fingerprint density at radius 2 is 1.00 bits per heavy atom. The third-order valence-corrected chi connectivity index (χ3v) is 8.63. The van der Waals surface area contributed by atoms with Crippen LogP contribution < -0.4 is 10.6 Å². The molecule has 2 fully saturated rings. The molecule has 45 heavy (non-hydrogen) atoms. The summed E-state index contributed by atoms with van der Waals surface area (Å²) < 4.78 is 11.2. The Morgan fingerprint density at radius 1 is 0.667 bits per heavy atom. The van der Waals surface area contributed by atoms with Crippen molar-refractivity contribution >= 4 is 35.0 Å². The van der Waals surface area contributed by atoms with Crippen molar-refractivity contribution in [1.82, 2.24) is 10.6 Å². The highest BCUT2D eigenvalue weighted by Crippen LogP contribution is 2.37. The molecule has 0 saturated carbocycles. The van der Waals surface area contributed by atoms with Crippen molar-refractivity contribution in [2.24, 2.45) is 0 Å². The van der Waals surface area contributed by atoms with Crippen molar-refractivity contribution in [3.8, 4) is 0 Å². The first-order valence-corrected chi connectivity index (χ1v) is 14.3. The zero-order chi connectivity index (χ0) is 33.0. The molecule has 0 bridgehead atoms. The van der Waals surface area contributed by atoms with E-state index in [9.17, 15) is 60.5 Å². The average molecular weight is 655 g/mol. The summed E-state index contributed by atoms with van der Waals surface area (Å²) in [4.78, 5) is 46.2. The quantitative estimate of drug-likeness (QED) is 0.102. The molecule has 4 rings (SSSR count). The minimum atomic E-state index is -1.70. The minimum Gasteiger partial charge on any atom is -0.394 e. The number of rotatable bonds is 10. The molecule has 8 N–H and O–H groups in total. The monoisotopic (exact) mass is 654 g/mol. The van der Waals surface area contributed by atoms with Gasteiger partial charge in [0.15, 0.2) is 0 Å². The van der Waals surface area contributed by atoms with E-state index in [1.807, 2.05) is 0 Å². The Bertz CT molecular complexity index is 1280. The van der Waals surface area contributed by atoms with E-state index in [1.54, 1.807) is 0 Å². The molecule has 0 unspecified atom stereocenters. The predicted octanol–water partition coefficient (Wildman–Crippen LogP) is -1.99. The van der Waals surface area contributed by atoms with Gasteiger partial charge in [0.25, 0.3) is 23.2 Å². The van der Waals surface area contributed by atoms with Crippen molar-refractivity contribution in [2.45, 2.75) is 59.6 Å². The number of aliphatic hydroxyl groups excluding tert-OH is 6. The normalized spacial score (nSPS) is 31.5. The molecule has 244 valence electrons. The van der Waals surface area contributed by atoms with Gasteiger partial charge in [0.2, 0.25) is 0 Å². The van der Waals surface area contributed by atoms with Crippen molar-refractivity contribution in [3.63, 3.8) is 0 Å². The zero-order valence-electron chi connectivity index (χ0n) is 23.1. The molecule has 2 aliphatic heterocycles. The fraction of sp³-hybridized carbons (Fsp3) is 0.462. The molecule has 2 amide bonds. The molecule has 10 atom stereocenters. The molecule has 2 aromatic carbocycles. The smallest absolute Gasteiger partial charge is 0.269 e. The number of nitro groups is 2. The van der Waals surface area contributed by atoms with Gasteiger partial charge >= 0.3 is 0 Å². The Hall–Kier alpha value is -3.79. The van der Waals surface area contributed by atoms with Crippen LogP contribution in [0.5, 0.6) is 0 Å². The largest absolute Gasteiger partial charge is 0.394 e. The van der Waals surface area contributed by atoms with Gasteiger partial charge in [-0.05, 0) is 24.3 Å². The number of nitrogens with one attached hydrogen (secondary N) is 2. The first-order valence-electron chi connectivity index (χ1n) is 13.4. The van der Waals surface area contributed by atoms with Crippen LogP contribution in [0.3, 0.4) is 0 Å². The van der Waals surface area contributed by atoms with Crippen LogP contribution in [-0.4, -0.2) is 125 Å². The summed E-state index contributed by atoms with van der Waals surface area (Å²) >= 11 is 0.622. The number of hydrogen-bond acceptors (Lipinski definition) is 15. The number of carbonyl (C=O) groups excluding carboxylic acids is 2. The molecular weight excluding hydrogens is 624 g/mol. The Kier molecular flexibility index (Phi) is 11.0. The summed E-state index contributed by atoms with van der Waals surface area (Å²) in [5.74, 6) is -1.64. The number of thioether (sulfide) groups is 1. The van der Waals surface area contributed by atoms with Gasteiger partial charge in [-0.25, -0.2) is 0 Å². The number of hydrogen-bond donors (Lipinski definition) is 8. The number of amides is 2. The fourth-order valence-corrected chi connectivity index (χ4v) is 6.15. The lowest BCUT2D eigenvalue weighted by molar-refractivity contribution is -0.385. The van der Waals surface area contributed by atoms with Crippen molar-refractivity contribution < 1.29 is 59.5 Å². The zero-order valence-corrected chi connectivity index (χ0v) is 23.9. The molecule has 0 aliphatic carbocycles. The standard InChI is InChI=1S/C26H30N4O14S/c31-9-15-19(33)17(27-23(37)11-1-5-13(6-2-11)29(39)40)21(35)25(43-15)45-26-22(36)18(20(34)16(10-32)44-26)28-24(38)12-3-7-14(8-4-12)30(41)42/h1-8,15-22,25-26,31-36H,9-10H2,(H,27,37)(H,28,38)/t15-,16-,17-,18-,19+,20+,21-,22-,25+,26+/m1/s1. The topological polar surface area (TPSA) is 284 Å². The van der Waals surface area contributed by atoms with E-state index in [2.05, 4.69) is 10.6 Å². The molecule has 0 spiro atoms. The lowest BCUT2D eigenvalue weighted by Gasteiger charge is -2.46. The molecule has 2 saturated heterocycles. The molecule has 2 heterocycles. The van der Waals surface area contributed by atoms with E-state index in [1.165, 1.54) is 24.3 Å². The molecule has 0 aromatic heterocycles. The second kappa shape index (κ2) is 14.5. The van der Waals surface area contributed by atoms with Gasteiger partial charge in [-0.2, -0.15) is 0 Å². The van der Waals surface area contributed by atoms with E-state index in [4.69, 9.17) is 9.47 Å². The summed E-state index contributed by atoms with van der Waals surface area (Å²) in [7, 11) is 0. The van der Waals surface area contributed by atoms with Crippen LogP contribution >= 0.6 is 11.8 Å². The van der Waals surface area contributed by atoms with Crippen LogP contribution in [0.4, 0.5) is 11.4 Å². The van der Waals surface area contributed by atoms with Gasteiger partial charge < -0.3 is 50.7 Å². The molecule has 2 aliphatic rings. The number of ether oxygens (including phenoxy) is 2. The van der Waals surface area contributed by atoms with Gasteiger partial charge in [-0.15, -0.1) is 0 Å². The van der Waals surface area contributed by atoms with E-state index in [0.717, 1.165) is 24.3 Å². The molecule has 0 radical (unpaired) electrons. The van der Waals surface area contributed by atoms with Crippen LogP contribution in [0.15, 0.2) is 48.5 Å². The van der Waals surface area contributed by atoms with Crippen molar-refractivity contribution in [3.05, 3.63) is 79.9 Å². The number of nitro benzene ring substituents is 2. The van der Waals surface area contributed by atoms with Crippen LogP contribution in [-0.2, 0) is 9.47 Å². The second-order valence-electron chi connectivity index (χ2n) is 10.2. The third-order valence-electron chi connectivity index (χ3n) is 7.31. The van der Waals surface area contributed by atoms with Crippen LogP contribution in [0.25, 0.3) is 0 Å². The highest BCUT2D eigenvalue weighted by Gasteiger charge is 2.50. The van der Waals surface area contributed by atoms with Crippen molar-refractivity contribution in [2.75, 3.05) is 13.2 Å². The van der Waals surface area contributed by atoms with E-state index in [-0.39, 0.29) is 22.5 Å². The number of nitrogens with zero attached hydrogens (tertiary/aromatic N) is 2. The number of non-ortho nitro benzene ring substituents is 2. The SMILES string of the molecule is O=C(N[C@@H]1[C@@H](O)[C@@H](CO)O[C@@H](S[C@@H]2O[C@H](CO)[C@H](O)[C@@H](NC(=O)c3ccc([N+](=O)[O-])cc3)[C@H]2O)[C@@H]1O)c1ccc([N+](=O)[O-])cc1. The van der Waals surface area contributed by atoms with Gasteiger partial charge in [0, 0.05) is 35.4 Å². The van der Waals surface area contributed by atoms with Crippen LogP contribution in [0.2, 0.25) is 0 Å². The van der Waals surface area contributed by atoms with E-state index >= 15 is 0 Å². The highest BCUT2D eigenvalue weighted by molar-refractivity contribution is 8.00. The minimum absolute atomic E-state index is 0.0336. The lowest BCUT2D eigenvalue weighted by atomic mass is 9.96. The maximum absolute atomic E-state index is 12.9. The number of carbonyl (C=O) groups is 2. The summed E-state index contributed by atoms with van der Waals surface area (Å²) in [6.45, 7) is -1.51. The number of benzene rings is 2. The fourth-order valence-electron chi connectivity index (χ4n) is 4.81. The van der Waals surface area contributed by atoms with Gasteiger partial charge in [-0.3, -0.25) is 29.8 Å².